The van der Waals surface area contributed by atoms with Gasteiger partial charge in [-0.05, 0) is 63.6 Å². The predicted octanol–water partition coefficient (Wildman–Crippen LogP) is 5.72. The van der Waals surface area contributed by atoms with E-state index in [9.17, 15) is 27.6 Å². The fraction of sp³-hybridized carbons (Fsp3) is 0.464. The summed E-state index contributed by atoms with van der Waals surface area (Å²) in [6.07, 6.45) is -1.04. The Balaban J connectivity index is 1.47. The van der Waals surface area contributed by atoms with E-state index in [4.69, 9.17) is 14.3 Å². The number of rotatable bonds is 6. The minimum absolute atomic E-state index is 0.0663. The molecule has 3 amide bonds. The number of hydrogen-bond donors (Lipinski definition) is 4. The Hall–Kier alpha value is -4.56. The molecule has 2 fully saturated rings. The summed E-state index contributed by atoms with van der Waals surface area (Å²) in [6, 6.07) is 2.18. The number of fused-ring (bicyclic) bond motifs is 1. The first kappa shape index (κ1) is 29.9. The predicted molar refractivity (Wildman–Crippen MR) is 149 cm³/mol. The summed E-state index contributed by atoms with van der Waals surface area (Å²) in [5.41, 5.74) is 0.675. The first-order valence-corrected chi connectivity index (χ1v) is 13.7. The van der Waals surface area contributed by atoms with E-state index in [-0.39, 0.29) is 40.5 Å². The SMILES string of the molecule is CC(C)(C)OC(=O)Nc1oc2cc(C3CC3)cnc2c1C(=O)Nc1cnccc1N1C[C@@H](NC(=O)O)C[C@@H](C(F)(F)F)C1. The Morgan fingerprint density at radius 2 is 1.86 bits per heavy atom. The summed E-state index contributed by atoms with van der Waals surface area (Å²) >= 11 is 0. The van der Waals surface area contributed by atoms with Crippen molar-refractivity contribution in [3.05, 3.63) is 41.9 Å². The molecule has 3 aromatic heterocycles. The molecule has 5 rings (SSSR count). The highest BCUT2D eigenvalue weighted by atomic mass is 19.4. The van der Waals surface area contributed by atoms with Gasteiger partial charge < -0.3 is 29.8 Å². The van der Waals surface area contributed by atoms with Gasteiger partial charge in [0.05, 0.1) is 29.5 Å². The Bertz CT molecular complexity index is 1550. The molecular weight excluding hydrogens is 573 g/mol. The number of hydrogen-bond acceptors (Lipinski definition) is 8. The van der Waals surface area contributed by atoms with E-state index in [0.717, 1.165) is 18.4 Å². The van der Waals surface area contributed by atoms with Gasteiger partial charge in [-0.25, -0.2) is 9.59 Å². The summed E-state index contributed by atoms with van der Waals surface area (Å²) in [7, 11) is 0. The molecule has 12 nitrogen and oxygen atoms in total. The Morgan fingerprint density at radius 1 is 1.12 bits per heavy atom. The molecule has 2 atom stereocenters. The highest BCUT2D eigenvalue weighted by molar-refractivity contribution is 6.16. The smallest absolute Gasteiger partial charge is 0.414 e. The second-order valence-electron chi connectivity index (χ2n) is 11.7. The summed E-state index contributed by atoms with van der Waals surface area (Å²) in [5, 5.41) is 16.4. The number of pyridine rings is 2. The third-order valence-electron chi connectivity index (χ3n) is 7.07. The van der Waals surface area contributed by atoms with Crippen molar-refractivity contribution in [1.82, 2.24) is 15.3 Å². The summed E-state index contributed by atoms with van der Waals surface area (Å²) in [6.45, 7) is 4.49. The number of furan rings is 1. The molecule has 15 heteroatoms. The molecule has 1 aliphatic heterocycles. The van der Waals surface area contributed by atoms with Crippen LogP contribution in [0, 0.1) is 5.92 Å². The molecule has 230 valence electrons. The zero-order chi connectivity index (χ0) is 31.1. The monoisotopic (exact) mass is 604 g/mol. The molecule has 3 aromatic rings. The van der Waals surface area contributed by atoms with Crippen molar-refractivity contribution in [1.29, 1.82) is 0 Å². The molecule has 0 spiro atoms. The van der Waals surface area contributed by atoms with E-state index < -0.39 is 54.8 Å². The van der Waals surface area contributed by atoms with Crippen LogP contribution in [-0.4, -0.2) is 64.1 Å². The Morgan fingerprint density at radius 3 is 2.51 bits per heavy atom. The quantitative estimate of drug-likeness (QED) is 0.276. The molecule has 0 radical (unpaired) electrons. The fourth-order valence-electron chi connectivity index (χ4n) is 5.08. The second kappa shape index (κ2) is 11.3. The Labute approximate surface area is 244 Å². The Kier molecular flexibility index (Phi) is 7.84. The molecule has 4 N–H and O–H groups in total. The van der Waals surface area contributed by atoms with Crippen LogP contribution < -0.4 is 20.9 Å². The minimum Gasteiger partial charge on any atom is -0.465 e. The van der Waals surface area contributed by atoms with Crippen molar-refractivity contribution in [2.75, 3.05) is 28.6 Å². The van der Waals surface area contributed by atoms with Gasteiger partial charge in [-0.2, -0.15) is 13.2 Å². The van der Waals surface area contributed by atoms with Crippen LogP contribution in [0.4, 0.5) is 40.0 Å². The van der Waals surface area contributed by atoms with Gasteiger partial charge in [0.25, 0.3) is 5.91 Å². The molecule has 1 saturated carbocycles. The van der Waals surface area contributed by atoms with Crippen LogP contribution in [-0.2, 0) is 4.74 Å². The average Bonchev–Trinajstić information content (AvgIpc) is 3.68. The first-order valence-electron chi connectivity index (χ1n) is 13.7. The number of anilines is 3. The number of aromatic nitrogens is 2. The number of halogens is 3. The molecule has 43 heavy (non-hydrogen) atoms. The van der Waals surface area contributed by atoms with E-state index in [1.54, 1.807) is 33.0 Å². The summed E-state index contributed by atoms with van der Waals surface area (Å²) in [5.74, 6) is -2.46. The number of carboxylic acid groups (broad SMARTS) is 1. The molecule has 1 saturated heterocycles. The van der Waals surface area contributed by atoms with Crippen LogP contribution in [0.2, 0.25) is 0 Å². The lowest BCUT2D eigenvalue weighted by Gasteiger charge is -2.40. The lowest BCUT2D eigenvalue weighted by molar-refractivity contribution is -0.177. The van der Waals surface area contributed by atoms with Gasteiger partial charge >= 0.3 is 18.4 Å². The molecule has 0 bridgehead atoms. The maximum atomic E-state index is 13.8. The second-order valence-corrected chi connectivity index (χ2v) is 11.7. The van der Waals surface area contributed by atoms with E-state index in [2.05, 4.69) is 25.9 Å². The maximum absolute atomic E-state index is 13.8. The molecule has 2 aliphatic rings. The summed E-state index contributed by atoms with van der Waals surface area (Å²) in [4.78, 5) is 47.4. The number of nitrogens with one attached hydrogen (secondary N) is 3. The largest absolute Gasteiger partial charge is 0.465 e. The number of piperidine rings is 1. The van der Waals surface area contributed by atoms with E-state index >= 15 is 0 Å². The maximum Gasteiger partial charge on any atom is 0.414 e. The number of ether oxygens (including phenoxy) is 1. The van der Waals surface area contributed by atoms with Crippen LogP contribution in [0.25, 0.3) is 11.1 Å². The van der Waals surface area contributed by atoms with Crippen molar-refractivity contribution in [2.24, 2.45) is 5.92 Å². The molecule has 1 aliphatic carbocycles. The number of nitrogens with zero attached hydrogens (tertiary/aromatic N) is 3. The van der Waals surface area contributed by atoms with Gasteiger partial charge in [0, 0.05) is 25.5 Å². The average molecular weight is 605 g/mol. The van der Waals surface area contributed by atoms with Gasteiger partial charge in [0.15, 0.2) is 5.58 Å². The van der Waals surface area contributed by atoms with Gasteiger partial charge in [-0.3, -0.25) is 20.1 Å². The molecule has 4 heterocycles. The van der Waals surface area contributed by atoms with Crippen molar-refractivity contribution < 1.29 is 41.8 Å². The van der Waals surface area contributed by atoms with Crippen LogP contribution in [0.15, 0.2) is 35.1 Å². The van der Waals surface area contributed by atoms with Crippen LogP contribution >= 0.6 is 0 Å². The lowest BCUT2D eigenvalue weighted by atomic mass is 9.93. The first-order chi connectivity index (χ1) is 20.2. The van der Waals surface area contributed by atoms with Gasteiger partial charge in [-0.15, -0.1) is 0 Å². The van der Waals surface area contributed by atoms with Crippen molar-refractivity contribution in [3.63, 3.8) is 0 Å². The normalized spacial score (nSPS) is 19.2. The highest BCUT2D eigenvalue weighted by Gasteiger charge is 2.45. The number of alkyl halides is 3. The fourth-order valence-corrected chi connectivity index (χ4v) is 5.08. The summed E-state index contributed by atoms with van der Waals surface area (Å²) < 4.78 is 52.5. The number of carbonyl (C=O) groups is 3. The lowest BCUT2D eigenvalue weighted by Crippen LogP contribution is -2.53. The zero-order valence-corrected chi connectivity index (χ0v) is 23.6. The van der Waals surface area contributed by atoms with E-state index in [1.165, 1.54) is 23.4 Å². The van der Waals surface area contributed by atoms with E-state index in [1.807, 2.05) is 0 Å². The number of carbonyl (C=O) groups excluding carboxylic acids is 2. The number of amides is 3. The van der Waals surface area contributed by atoms with Crippen molar-refractivity contribution >= 4 is 46.5 Å². The standard InChI is InChI=1S/C28H31F3N6O6/c1-27(2,3)43-26(41)36-24-21(22-20(42-24)8-15(10-33-22)14-4-5-14)23(38)35-18-11-32-7-6-19(18)37-12-16(28(29,30)31)9-17(13-37)34-25(39)40/h6-8,10-11,14,16-17,34H,4-5,9,12-13H2,1-3H3,(H,35,38)(H,36,41)(H,39,40)/t16-,17+/m1/s1. The van der Waals surface area contributed by atoms with Crippen molar-refractivity contribution in [2.45, 2.75) is 63.8 Å². The topological polar surface area (TPSA) is 159 Å². The molecule has 0 unspecified atom stereocenters. The van der Waals surface area contributed by atoms with Crippen LogP contribution in [0.5, 0.6) is 0 Å². The third-order valence-corrected chi connectivity index (χ3v) is 7.07. The van der Waals surface area contributed by atoms with Gasteiger partial charge in [-0.1, -0.05) is 0 Å². The van der Waals surface area contributed by atoms with Crippen molar-refractivity contribution in [3.8, 4) is 0 Å². The highest BCUT2D eigenvalue weighted by Crippen LogP contribution is 2.42. The van der Waals surface area contributed by atoms with Gasteiger partial charge in [0.2, 0.25) is 5.88 Å². The molecular formula is C28H31F3N6O6. The molecule has 0 aromatic carbocycles. The van der Waals surface area contributed by atoms with Crippen LogP contribution in [0.1, 0.15) is 61.9 Å². The van der Waals surface area contributed by atoms with Crippen LogP contribution in [0.3, 0.4) is 0 Å². The zero-order valence-electron chi connectivity index (χ0n) is 23.6. The van der Waals surface area contributed by atoms with E-state index in [0.29, 0.717) is 5.92 Å². The van der Waals surface area contributed by atoms with Gasteiger partial charge in [0.1, 0.15) is 16.7 Å². The minimum atomic E-state index is -4.57. The third kappa shape index (κ3) is 7.09.